The molecule has 0 aromatic rings. The summed E-state index contributed by atoms with van der Waals surface area (Å²) in [6.07, 6.45) is 0.767. The van der Waals surface area contributed by atoms with Crippen molar-refractivity contribution in [3.63, 3.8) is 0 Å². The van der Waals surface area contributed by atoms with Crippen molar-refractivity contribution in [2.24, 2.45) is 29.4 Å². The summed E-state index contributed by atoms with van der Waals surface area (Å²) in [7, 11) is 0. The molecule has 1 amide bonds. The summed E-state index contributed by atoms with van der Waals surface area (Å²) in [5, 5.41) is 21.1. The maximum Gasteiger partial charge on any atom is 0.329 e. The summed E-state index contributed by atoms with van der Waals surface area (Å²) in [5.41, 5.74) is 4.25. The lowest BCUT2D eigenvalue weighted by Gasteiger charge is -2.30. The highest BCUT2D eigenvalue weighted by molar-refractivity contribution is 5.92. The van der Waals surface area contributed by atoms with Crippen molar-refractivity contribution in [3.05, 3.63) is 0 Å². The van der Waals surface area contributed by atoms with Crippen LogP contribution in [-0.4, -0.2) is 39.6 Å². The third-order valence-electron chi connectivity index (χ3n) is 4.64. The van der Waals surface area contributed by atoms with E-state index in [0.717, 1.165) is 0 Å². The molecular formula is C13H21ClN2O5. The molecule has 0 spiro atoms. The van der Waals surface area contributed by atoms with Gasteiger partial charge < -0.3 is 21.3 Å². The molecule has 0 radical (unpaired) electrons. The zero-order valence-corrected chi connectivity index (χ0v) is 12.7. The normalized spacial score (nSPS) is 34.6. The van der Waals surface area contributed by atoms with Crippen molar-refractivity contribution < 1.29 is 24.6 Å². The molecule has 5 N–H and O–H groups in total. The molecule has 5 atom stereocenters. The number of carbonyl (C=O) groups excluding carboxylic acids is 1. The largest absolute Gasteiger partial charge is 0.481 e. The van der Waals surface area contributed by atoms with Crippen LogP contribution >= 0.6 is 12.4 Å². The summed E-state index contributed by atoms with van der Waals surface area (Å²) < 4.78 is 0. The van der Waals surface area contributed by atoms with Crippen LogP contribution in [0.25, 0.3) is 0 Å². The van der Waals surface area contributed by atoms with Gasteiger partial charge in [-0.2, -0.15) is 0 Å². The van der Waals surface area contributed by atoms with Crippen LogP contribution in [0, 0.1) is 23.7 Å². The first-order chi connectivity index (χ1) is 9.22. The summed E-state index contributed by atoms with van der Waals surface area (Å²) in [6, 6.07) is -0.799. The number of carboxylic acids is 2. The molecule has 0 unspecified atom stereocenters. The lowest BCUT2D eigenvalue weighted by atomic mass is 9.89. The Labute approximate surface area is 128 Å². The first-order valence-electron chi connectivity index (χ1n) is 6.76. The molecule has 2 aliphatic rings. The summed E-state index contributed by atoms with van der Waals surface area (Å²) in [4.78, 5) is 34.7. The van der Waals surface area contributed by atoms with Crippen molar-refractivity contribution in [3.8, 4) is 0 Å². The maximum atomic E-state index is 12.0. The van der Waals surface area contributed by atoms with Crippen LogP contribution in [0.1, 0.15) is 26.7 Å². The van der Waals surface area contributed by atoms with E-state index in [1.165, 1.54) is 0 Å². The van der Waals surface area contributed by atoms with Crippen molar-refractivity contribution in [2.75, 3.05) is 0 Å². The zero-order valence-electron chi connectivity index (χ0n) is 11.9. The zero-order chi connectivity index (χ0) is 15.2. The number of carbonyl (C=O) groups is 3. The molecule has 0 saturated heterocycles. The minimum atomic E-state index is -1.47. The highest BCUT2D eigenvalue weighted by Gasteiger charge is 2.72. The van der Waals surface area contributed by atoms with E-state index < -0.39 is 41.3 Å². The van der Waals surface area contributed by atoms with Gasteiger partial charge in [-0.3, -0.25) is 9.59 Å². The Morgan fingerprint density at radius 3 is 2.24 bits per heavy atom. The average Bonchev–Trinajstić information content (AvgIpc) is 2.98. The number of carboxylic acid groups (broad SMARTS) is 2. The Bertz CT molecular complexity index is 469. The van der Waals surface area contributed by atoms with Gasteiger partial charge in [0.1, 0.15) is 5.54 Å². The molecule has 2 saturated carbocycles. The number of nitrogens with two attached hydrogens (primary N) is 1. The quantitative estimate of drug-likeness (QED) is 0.567. The van der Waals surface area contributed by atoms with Crippen LogP contribution in [0.15, 0.2) is 0 Å². The Hall–Kier alpha value is -1.34. The van der Waals surface area contributed by atoms with Gasteiger partial charge in [0.05, 0.1) is 12.0 Å². The molecule has 21 heavy (non-hydrogen) atoms. The highest BCUT2D eigenvalue weighted by Crippen LogP contribution is 2.62. The molecular weight excluding hydrogens is 300 g/mol. The summed E-state index contributed by atoms with van der Waals surface area (Å²) >= 11 is 0. The number of hydrogen-bond acceptors (Lipinski definition) is 4. The van der Waals surface area contributed by atoms with Crippen LogP contribution in [0.4, 0.5) is 0 Å². The predicted octanol–water partition coefficient (Wildman–Crippen LogP) is 0.0717. The Morgan fingerprint density at radius 2 is 1.86 bits per heavy atom. The number of fused-ring (bicyclic) bond motifs is 1. The Balaban J connectivity index is 0.00000220. The molecule has 0 bridgehead atoms. The van der Waals surface area contributed by atoms with Crippen molar-refractivity contribution in [2.45, 2.75) is 38.3 Å². The van der Waals surface area contributed by atoms with Gasteiger partial charge in [-0.15, -0.1) is 12.4 Å². The molecule has 8 heteroatoms. The van der Waals surface area contributed by atoms with E-state index in [9.17, 15) is 19.5 Å². The number of rotatable bonds is 5. The smallest absolute Gasteiger partial charge is 0.329 e. The molecule has 2 rings (SSSR count). The fourth-order valence-corrected chi connectivity index (χ4v) is 3.36. The standard InChI is InChI=1S/C13H20N2O5.ClH/c1-5(2)9(14)10(16)15-13(12(19)20)4-3-6-7(8(6)13)11(17)18;/h5-9H,3-4,14H2,1-2H3,(H,15,16)(H,17,18)(H,19,20);1H/t6-,7-,8-,9-,13-;/m0./s1. The topological polar surface area (TPSA) is 130 Å². The molecule has 7 nitrogen and oxygen atoms in total. The molecule has 2 fully saturated rings. The van der Waals surface area contributed by atoms with Gasteiger partial charge in [-0.1, -0.05) is 13.8 Å². The van der Waals surface area contributed by atoms with Crippen LogP contribution in [0.5, 0.6) is 0 Å². The van der Waals surface area contributed by atoms with E-state index in [2.05, 4.69) is 5.32 Å². The average molecular weight is 321 g/mol. The first-order valence-corrected chi connectivity index (χ1v) is 6.76. The van der Waals surface area contributed by atoms with E-state index in [1.54, 1.807) is 13.8 Å². The lowest BCUT2D eigenvalue weighted by Crippen LogP contribution is -2.60. The molecule has 2 aliphatic carbocycles. The van der Waals surface area contributed by atoms with E-state index in [0.29, 0.717) is 6.42 Å². The summed E-state index contributed by atoms with van der Waals surface area (Å²) in [5.74, 6) is -4.16. The van der Waals surface area contributed by atoms with Crippen molar-refractivity contribution >= 4 is 30.3 Å². The van der Waals surface area contributed by atoms with E-state index in [-0.39, 0.29) is 30.7 Å². The van der Waals surface area contributed by atoms with Gasteiger partial charge in [0.15, 0.2) is 0 Å². The predicted molar refractivity (Wildman–Crippen MR) is 75.9 cm³/mol. The van der Waals surface area contributed by atoms with Crippen LogP contribution in [0.3, 0.4) is 0 Å². The fraction of sp³-hybridized carbons (Fsp3) is 0.769. The van der Waals surface area contributed by atoms with Crippen molar-refractivity contribution in [1.29, 1.82) is 0 Å². The van der Waals surface area contributed by atoms with E-state index >= 15 is 0 Å². The monoisotopic (exact) mass is 320 g/mol. The minimum absolute atomic E-state index is 0. The van der Waals surface area contributed by atoms with Gasteiger partial charge in [-0.25, -0.2) is 4.79 Å². The van der Waals surface area contributed by atoms with Crippen molar-refractivity contribution in [1.82, 2.24) is 5.32 Å². The molecule has 0 aliphatic heterocycles. The number of aliphatic carboxylic acids is 2. The third-order valence-corrected chi connectivity index (χ3v) is 4.64. The Morgan fingerprint density at radius 1 is 1.29 bits per heavy atom. The Kier molecular flexibility index (Phi) is 4.90. The van der Waals surface area contributed by atoms with Crippen LogP contribution in [-0.2, 0) is 14.4 Å². The van der Waals surface area contributed by atoms with Gasteiger partial charge >= 0.3 is 11.9 Å². The van der Waals surface area contributed by atoms with Gasteiger partial charge in [-0.05, 0) is 24.7 Å². The second-order valence-corrected chi connectivity index (χ2v) is 6.13. The van der Waals surface area contributed by atoms with E-state index in [1.807, 2.05) is 0 Å². The van der Waals surface area contributed by atoms with Crippen LogP contribution in [0.2, 0.25) is 0 Å². The van der Waals surface area contributed by atoms with Gasteiger partial charge in [0.2, 0.25) is 5.91 Å². The lowest BCUT2D eigenvalue weighted by molar-refractivity contribution is -0.150. The SMILES string of the molecule is CC(C)[C@H](N)C(=O)N[C@@]1(C(=O)O)CC[C@H]2[C@H](C(=O)O)[C@H]21.Cl. The summed E-state index contributed by atoms with van der Waals surface area (Å²) in [6.45, 7) is 3.54. The molecule has 120 valence electrons. The number of amides is 1. The third kappa shape index (κ3) is 2.72. The molecule has 0 aromatic carbocycles. The van der Waals surface area contributed by atoms with E-state index in [4.69, 9.17) is 10.8 Å². The molecule has 0 aromatic heterocycles. The first kappa shape index (κ1) is 17.7. The maximum absolute atomic E-state index is 12.0. The number of nitrogens with one attached hydrogen (secondary N) is 1. The molecule has 0 heterocycles. The minimum Gasteiger partial charge on any atom is -0.481 e. The van der Waals surface area contributed by atoms with Crippen LogP contribution < -0.4 is 11.1 Å². The highest BCUT2D eigenvalue weighted by atomic mass is 35.5. The second-order valence-electron chi connectivity index (χ2n) is 6.13. The van der Waals surface area contributed by atoms with Gasteiger partial charge in [0.25, 0.3) is 0 Å². The second kappa shape index (κ2) is 5.81. The number of hydrogen-bond donors (Lipinski definition) is 4. The van der Waals surface area contributed by atoms with Gasteiger partial charge in [0, 0.05) is 5.92 Å². The number of halogens is 1. The fourth-order valence-electron chi connectivity index (χ4n) is 3.36.